The molecule has 2 heterocycles. The summed E-state index contributed by atoms with van der Waals surface area (Å²) in [6.07, 6.45) is -0.118. The zero-order valence-corrected chi connectivity index (χ0v) is 12.1. The molecule has 112 valence electrons. The van der Waals surface area contributed by atoms with Crippen LogP contribution < -0.4 is 5.32 Å². The van der Waals surface area contributed by atoms with Crippen LogP contribution in [0, 0.1) is 13.8 Å². The van der Waals surface area contributed by atoms with Crippen molar-refractivity contribution in [2.24, 2.45) is 7.05 Å². The number of amides is 1. The lowest BCUT2D eigenvalue weighted by Gasteiger charge is -1.99. The number of carbonyl (C=O) groups excluding carboxylic acids is 1. The fraction of sp³-hybridized carbons (Fsp3) is 0.385. The fourth-order valence-corrected chi connectivity index (χ4v) is 2.09. The normalized spacial score (nSPS) is 10.6. The molecule has 0 fully saturated rings. The first-order valence-electron chi connectivity index (χ1n) is 6.46. The second-order valence-electron chi connectivity index (χ2n) is 4.74. The van der Waals surface area contributed by atoms with Crippen molar-refractivity contribution >= 4 is 11.9 Å². The predicted molar refractivity (Wildman–Crippen MR) is 74.8 cm³/mol. The van der Waals surface area contributed by atoms with Gasteiger partial charge in [0.2, 0.25) is 0 Å². The minimum Gasteiger partial charge on any atom is -0.481 e. The van der Waals surface area contributed by atoms with E-state index >= 15 is 0 Å². The van der Waals surface area contributed by atoms with Gasteiger partial charge in [-0.2, -0.15) is 10.2 Å². The van der Waals surface area contributed by atoms with Gasteiger partial charge in [0, 0.05) is 24.8 Å². The molecule has 8 nitrogen and oxygen atoms in total. The van der Waals surface area contributed by atoms with Crippen molar-refractivity contribution < 1.29 is 14.7 Å². The van der Waals surface area contributed by atoms with Crippen LogP contribution in [0.4, 0.5) is 0 Å². The topological polar surface area (TPSA) is 113 Å². The molecule has 0 aliphatic rings. The highest BCUT2D eigenvalue weighted by Gasteiger charge is 2.17. The van der Waals surface area contributed by atoms with Crippen molar-refractivity contribution in [1.29, 1.82) is 0 Å². The quantitative estimate of drug-likeness (QED) is 0.748. The molecule has 8 heteroatoms. The lowest BCUT2D eigenvalue weighted by atomic mass is 10.1. The van der Waals surface area contributed by atoms with Gasteiger partial charge >= 0.3 is 5.97 Å². The Morgan fingerprint density at radius 3 is 2.71 bits per heavy atom. The standard InChI is InChI=1S/C13H17N5O3/c1-7-12(8(2)18(3)17-7)9-6-10(16-15-9)13(21)14-5-4-11(19)20/h6H,4-5H2,1-3H3,(H,14,21)(H,15,16)(H,19,20). The molecule has 0 atom stereocenters. The molecule has 21 heavy (non-hydrogen) atoms. The Bertz CT molecular complexity index is 686. The summed E-state index contributed by atoms with van der Waals surface area (Å²) in [5, 5.41) is 22.1. The number of carbonyl (C=O) groups is 2. The van der Waals surface area contributed by atoms with Crippen molar-refractivity contribution in [1.82, 2.24) is 25.3 Å². The highest BCUT2D eigenvalue weighted by Crippen LogP contribution is 2.24. The molecule has 0 radical (unpaired) electrons. The Kier molecular flexibility index (Phi) is 4.06. The molecular weight excluding hydrogens is 274 g/mol. The van der Waals surface area contributed by atoms with Gasteiger partial charge in [0.25, 0.3) is 5.91 Å². The van der Waals surface area contributed by atoms with Crippen LogP contribution in [0.3, 0.4) is 0 Å². The summed E-state index contributed by atoms with van der Waals surface area (Å²) in [7, 11) is 1.85. The second kappa shape index (κ2) is 5.78. The number of carboxylic acid groups (broad SMARTS) is 1. The van der Waals surface area contributed by atoms with Crippen LogP contribution in [0.2, 0.25) is 0 Å². The number of hydrogen-bond donors (Lipinski definition) is 3. The minimum absolute atomic E-state index is 0.0769. The zero-order chi connectivity index (χ0) is 15.6. The Morgan fingerprint density at radius 2 is 2.14 bits per heavy atom. The molecule has 0 aliphatic carbocycles. The van der Waals surface area contributed by atoms with E-state index in [2.05, 4.69) is 20.6 Å². The molecule has 1 amide bonds. The summed E-state index contributed by atoms with van der Waals surface area (Å²) in [5.41, 5.74) is 3.61. The van der Waals surface area contributed by atoms with E-state index in [1.807, 2.05) is 20.9 Å². The number of nitrogens with zero attached hydrogens (tertiary/aromatic N) is 3. The number of aryl methyl sites for hydroxylation is 2. The molecule has 2 aromatic heterocycles. The summed E-state index contributed by atoms with van der Waals surface area (Å²) >= 11 is 0. The third-order valence-corrected chi connectivity index (χ3v) is 3.21. The van der Waals surface area contributed by atoms with Crippen LogP contribution in [0.15, 0.2) is 6.07 Å². The molecule has 0 bridgehead atoms. The highest BCUT2D eigenvalue weighted by atomic mass is 16.4. The van der Waals surface area contributed by atoms with E-state index in [0.29, 0.717) is 5.69 Å². The van der Waals surface area contributed by atoms with Gasteiger partial charge in [0.1, 0.15) is 5.69 Å². The molecule has 0 aromatic carbocycles. The summed E-state index contributed by atoms with van der Waals surface area (Å²) < 4.78 is 1.76. The average molecular weight is 291 g/mol. The number of rotatable bonds is 5. The molecule has 0 aliphatic heterocycles. The number of carboxylic acids is 1. The van der Waals surface area contributed by atoms with E-state index in [1.165, 1.54) is 0 Å². The maximum atomic E-state index is 11.8. The smallest absolute Gasteiger partial charge is 0.305 e. The Hall–Kier alpha value is -2.64. The van der Waals surface area contributed by atoms with E-state index in [0.717, 1.165) is 17.0 Å². The van der Waals surface area contributed by atoms with Crippen LogP contribution in [0.25, 0.3) is 11.3 Å². The summed E-state index contributed by atoms with van der Waals surface area (Å²) in [4.78, 5) is 22.3. The number of H-pyrrole nitrogens is 1. The number of aromatic amines is 1. The molecule has 0 spiro atoms. The van der Waals surface area contributed by atoms with Crippen LogP contribution in [0.5, 0.6) is 0 Å². The average Bonchev–Trinajstić information content (AvgIpc) is 2.95. The lowest BCUT2D eigenvalue weighted by molar-refractivity contribution is -0.136. The highest BCUT2D eigenvalue weighted by molar-refractivity contribution is 5.93. The van der Waals surface area contributed by atoms with Crippen LogP contribution in [-0.2, 0) is 11.8 Å². The third kappa shape index (κ3) is 3.10. The van der Waals surface area contributed by atoms with Crippen molar-refractivity contribution in [3.05, 3.63) is 23.1 Å². The SMILES string of the molecule is Cc1nn(C)c(C)c1-c1cc(C(=O)NCCC(=O)O)[nH]n1. The fourth-order valence-electron chi connectivity index (χ4n) is 2.09. The molecule has 3 N–H and O–H groups in total. The van der Waals surface area contributed by atoms with Gasteiger partial charge in [-0.05, 0) is 19.9 Å². The molecule has 0 saturated carbocycles. The molecule has 2 rings (SSSR count). The van der Waals surface area contributed by atoms with Gasteiger partial charge < -0.3 is 10.4 Å². The largest absolute Gasteiger partial charge is 0.481 e. The summed E-state index contributed by atoms with van der Waals surface area (Å²) in [5.74, 6) is -1.34. The first-order chi connectivity index (χ1) is 9.90. The molecule has 0 unspecified atom stereocenters. The van der Waals surface area contributed by atoms with E-state index in [-0.39, 0.29) is 24.6 Å². The zero-order valence-electron chi connectivity index (χ0n) is 12.1. The van der Waals surface area contributed by atoms with Crippen LogP contribution in [-0.4, -0.2) is 43.5 Å². The van der Waals surface area contributed by atoms with Gasteiger partial charge in [-0.15, -0.1) is 0 Å². The van der Waals surface area contributed by atoms with Crippen LogP contribution in [0.1, 0.15) is 28.3 Å². The minimum atomic E-state index is -0.956. The molecule has 0 saturated heterocycles. The van der Waals surface area contributed by atoms with Gasteiger partial charge in [-0.25, -0.2) is 0 Å². The van der Waals surface area contributed by atoms with Gasteiger partial charge in [-0.3, -0.25) is 19.4 Å². The molecular formula is C13H17N5O3. The van der Waals surface area contributed by atoms with Crippen molar-refractivity contribution in [3.63, 3.8) is 0 Å². The van der Waals surface area contributed by atoms with E-state index in [1.54, 1.807) is 10.7 Å². The maximum absolute atomic E-state index is 11.8. The first kappa shape index (κ1) is 14.8. The Morgan fingerprint density at radius 1 is 1.43 bits per heavy atom. The van der Waals surface area contributed by atoms with E-state index < -0.39 is 5.97 Å². The second-order valence-corrected chi connectivity index (χ2v) is 4.74. The number of hydrogen-bond acceptors (Lipinski definition) is 4. The van der Waals surface area contributed by atoms with Crippen LogP contribution >= 0.6 is 0 Å². The van der Waals surface area contributed by atoms with Gasteiger partial charge in [0.15, 0.2) is 0 Å². The van der Waals surface area contributed by atoms with E-state index in [4.69, 9.17) is 5.11 Å². The lowest BCUT2D eigenvalue weighted by Crippen LogP contribution is -2.26. The van der Waals surface area contributed by atoms with Crippen molar-refractivity contribution in [3.8, 4) is 11.3 Å². The summed E-state index contributed by atoms with van der Waals surface area (Å²) in [6.45, 7) is 3.88. The Labute approximate surface area is 121 Å². The number of nitrogens with one attached hydrogen (secondary N) is 2. The van der Waals surface area contributed by atoms with E-state index in [9.17, 15) is 9.59 Å². The van der Waals surface area contributed by atoms with Gasteiger partial charge in [-0.1, -0.05) is 0 Å². The predicted octanol–water partition coefficient (Wildman–Crippen LogP) is 0.632. The summed E-state index contributed by atoms with van der Waals surface area (Å²) in [6, 6.07) is 1.63. The third-order valence-electron chi connectivity index (χ3n) is 3.21. The number of aromatic nitrogens is 4. The molecule has 2 aromatic rings. The number of aliphatic carboxylic acids is 1. The van der Waals surface area contributed by atoms with Crippen molar-refractivity contribution in [2.45, 2.75) is 20.3 Å². The first-order valence-corrected chi connectivity index (χ1v) is 6.46. The Balaban J connectivity index is 2.14. The van der Waals surface area contributed by atoms with Gasteiger partial charge in [0.05, 0.1) is 17.8 Å². The maximum Gasteiger partial charge on any atom is 0.305 e. The monoisotopic (exact) mass is 291 g/mol. The van der Waals surface area contributed by atoms with Crippen molar-refractivity contribution in [2.75, 3.05) is 6.54 Å².